The van der Waals surface area contributed by atoms with Crippen LogP contribution < -0.4 is 0 Å². The maximum atomic E-state index is 13.9. The van der Waals surface area contributed by atoms with Crippen molar-refractivity contribution in [2.45, 2.75) is 56.9 Å². The molecule has 1 nitrogen and oxygen atoms in total. The molecule has 0 radical (unpaired) electrons. The van der Waals surface area contributed by atoms with Gasteiger partial charge in [-0.15, -0.1) is 0 Å². The lowest BCUT2D eigenvalue weighted by Crippen LogP contribution is -2.70. The third-order valence-corrected chi connectivity index (χ3v) is 4.28. The van der Waals surface area contributed by atoms with E-state index in [1.54, 1.807) is 12.1 Å². The molecule has 1 aliphatic rings. The molecule has 1 heterocycles. The number of hydrogen-bond acceptors (Lipinski definition) is 1. The highest BCUT2D eigenvalue weighted by Crippen LogP contribution is 2.61. The van der Waals surface area contributed by atoms with Crippen LogP contribution in [0.3, 0.4) is 0 Å². The molecule has 0 amide bonds. The van der Waals surface area contributed by atoms with Crippen LogP contribution in [0.1, 0.15) is 50.3 Å². The van der Waals surface area contributed by atoms with E-state index >= 15 is 0 Å². The highest BCUT2D eigenvalue weighted by molar-refractivity contribution is 5.31. The van der Waals surface area contributed by atoms with Crippen LogP contribution in [0.2, 0.25) is 0 Å². The molecular formula is C15H17F5O. The van der Waals surface area contributed by atoms with E-state index in [1.807, 2.05) is 13.8 Å². The molecule has 1 fully saturated rings. The monoisotopic (exact) mass is 308 g/mol. The van der Waals surface area contributed by atoms with Crippen molar-refractivity contribution in [1.29, 1.82) is 0 Å². The van der Waals surface area contributed by atoms with E-state index in [9.17, 15) is 22.0 Å². The Morgan fingerprint density at radius 3 is 2.10 bits per heavy atom. The Morgan fingerprint density at radius 1 is 1.19 bits per heavy atom. The molecule has 1 aromatic carbocycles. The minimum absolute atomic E-state index is 0.0637. The minimum atomic E-state index is -5.11. The predicted molar refractivity (Wildman–Crippen MR) is 68.4 cm³/mol. The molecule has 3 unspecified atom stereocenters. The van der Waals surface area contributed by atoms with Crippen LogP contribution in [0.4, 0.5) is 22.0 Å². The van der Waals surface area contributed by atoms with Gasteiger partial charge in [0.1, 0.15) is 0 Å². The second kappa shape index (κ2) is 4.93. The highest BCUT2D eigenvalue weighted by Gasteiger charge is 2.79. The molecule has 118 valence electrons. The molecule has 0 bridgehead atoms. The first kappa shape index (κ1) is 16.2. The van der Waals surface area contributed by atoms with Crippen molar-refractivity contribution in [3.05, 3.63) is 35.4 Å². The zero-order valence-electron chi connectivity index (χ0n) is 12.0. The molecule has 6 heteroatoms. The molecule has 0 spiro atoms. The van der Waals surface area contributed by atoms with Gasteiger partial charge in [0.2, 0.25) is 5.60 Å². The first-order valence-corrected chi connectivity index (χ1v) is 6.76. The van der Waals surface area contributed by atoms with Gasteiger partial charge in [-0.05, 0) is 30.4 Å². The van der Waals surface area contributed by atoms with Gasteiger partial charge in [-0.2, -0.15) is 22.0 Å². The lowest BCUT2D eigenvalue weighted by molar-refractivity contribution is -0.451. The third kappa shape index (κ3) is 2.33. The number of benzene rings is 1. The van der Waals surface area contributed by atoms with Crippen molar-refractivity contribution in [1.82, 2.24) is 0 Å². The SMILES string of the molecule is CCC(C)c1ccc(C2OC(C)(C(F)(F)F)C2(F)F)cc1. The average Bonchev–Trinajstić information content (AvgIpc) is 2.42. The molecule has 21 heavy (non-hydrogen) atoms. The molecule has 0 aliphatic carbocycles. The Labute approximate surface area is 120 Å². The van der Waals surface area contributed by atoms with E-state index in [0.29, 0.717) is 6.92 Å². The summed E-state index contributed by atoms with van der Waals surface area (Å²) < 4.78 is 70.4. The lowest BCUT2D eigenvalue weighted by atomic mass is 9.81. The molecule has 2 rings (SSSR count). The van der Waals surface area contributed by atoms with Crippen LogP contribution in [0.5, 0.6) is 0 Å². The van der Waals surface area contributed by atoms with Gasteiger partial charge in [-0.1, -0.05) is 38.1 Å². The second-order valence-electron chi connectivity index (χ2n) is 5.63. The first-order valence-electron chi connectivity index (χ1n) is 6.76. The smallest absolute Gasteiger partial charge is 0.346 e. The normalized spacial score (nSPS) is 29.8. The summed E-state index contributed by atoms with van der Waals surface area (Å²) in [6.07, 6.45) is -6.07. The van der Waals surface area contributed by atoms with Gasteiger partial charge in [0.15, 0.2) is 6.10 Å². The summed E-state index contributed by atoms with van der Waals surface area (Å²) in [6.45, 7) is 4.37. The largest absolute Gasteiger partial charge is 0.423 e. The minimum Gasteiger partial charge on any atom is -0.346 e. The number of halogens is 5. The van der Waals surface area contributed by atoms with Crippen molar-refractivity contribution < 1.29 is 26.7 Å². The maximum Gasteiger partial charge on any atom is 0.423 e. The van der Waals surface area contributed by atoms with Crippen LogP contribution in [-0.4, -0.2) is 17.7 Å². The van der Waals surface area contributed by atoms with Crippen LogP contribution in [0.15, 0.2) is 24.3 Å². The van der Waals surface area contributed by atoms with Gasteiger partial charge in [0.25, 0.3) is 0 Å². The summed E-state index contributed by atoms with van der Waals surface area (Å²) in [5, 5.41) is 0. The number of ether oxygens (including phenoxy) is 1. The molecule has 0 N–H and O–H groups in total. The number of alkyl halides is 5. The Morgan fingerprint density at radius 2 is 1.71 bits per heavy atom. The van der Waals surface area contributed by atoms with Crippen molar-refractivity contribution in [3.63, 3.8) is 0 Å². The van der Waals surface area contributed by atoms with Crippen molar-refractivity contribution in [2.24, 2.45) is 0 Å². The topological polar surface area (TPSA) is 9.23 Å². The predicted octanol–water partition coefficient (Wildman–Crippen LogP) is 5.23. The lowest BCUT2D eigenvalue weighted by Gasteiger charge is -2.52. The summed E-state index contributed by atoms with van der Waals surface area (Å²) in [5.74, 6) is -3.72. The fourth-order valence-corrected chi connectivity index (χ4v) is 2.35. The van der Waals surface area contributed by atoms with E-state index in [4.69, 9.17) is 0 Å². The van der Waals surface area contributed by atoms with Gasteiger partial charge < -0.3 is 4.74 Å². The highest BCUT2D eigenvalue weighted by atomic mass is 19.4. The van der Waals surface area contributed by atoms with Gasteiger partial charge >= 0.3 is 12.1 Å². The van der Waals surface area contributed by atoms with Crippen LogP contribution in [0, 0.1) is 0 Å². The van der Waals surface area contributed by atoms with E-state index in [2.05, 4.69) is 4.74 Å². The van der Waals surface area contributed by atoms with Gasteiger partial charge in [0.05, 0.1) is 0 Å². The Hall–Kier alpha value is -1.17. The molecule has 3 atom stereocenters. The molecule has 0 saturated carbocycles. The van der Waals surface area contributed by atoms with Crippen LogP contribution in [-0.2, 0) is 4.74 Å². The number of rotatable bonds is 3. The van der Waals surface area contributed by atoms with E-state index in [-0.39, 0.29) is 11.5 Å². The summed E-state index contributed by atoms with van der Waals surface area (Å²) in [4.78, 5) is 0. The van der Waals surface area contributed by atoms with E-state index < -0.39 is 23.8 Å². The van der Waals surface area contributed by atoms with Gasteiger partial charge in [-0.25, -0.2) is 0 Å². The molecular weight excluding hydrogens is 291 g/mol. The summed E-state index contributed by atoms with van der Waals surface area (Å²) >= 11 is 0. The zero-order valence-corrected chi connectivity index (χ0v) is 12.0. The quantitative estimate of drug-likeness (QED) is 0.695. The van der Waals surface area contributed by atoms with E-state index in [1.165, 1.54) is 12.1 Å². The second-order valence-corrected chi connectivity index (χ2v) is 5.63. The molecule has 1 aliphatic heterocycles. The Balaban J connectivity index is 2.22. The fraction of sp³-hybridized carbons (Fsp3) is 0.600. The van der Waals surface area contributed by atoms with Crippen molar-refractivity contribution in [3.8, 4) is 0 Å². The summed E-state index contributed by atoms with van der Waals surface area (Å²) in [5.41, 5.74) is -2.39. The van der Waals surface area contributed by atoms with Gasteiger partial charge in [-0.3, -0.25) is 0 Å². The fourth-order valence-electron chi connectivity index (χ4n) is 2.35. The van der Waals surface area contributed by atoms with Gasteiger partial charge in [0, 0.05) is 0 Å². The van der Waals surface area contributed by atoms with Crippen LogP contribution >= 0.6 is 0 Å². The standard InChI is InChI=1S/C15H17F5O/c1-4-9(2)10-5-7-11(8-6-10)12-14(16,17)13(3,21-12)15(18,19)20/h5-9,12H,4H2,1-3H3. The first-order chi connectivity index (χ1) is 9.54. The summed E-state index contributed by atoms with van der Waals surface area (Å²) in [6, 6.07) is 6.14. The Kier molecular flexibility index (Phi) is 3.81. The van der Waals surface area contributed by atoms with Crippen LogP contribution in [0.25, 0.3) is 0 Å². The molecule has 0 aromatic heterocycles. The maximum absolute atomic E-state index is 13.9. The summed E-state index contributed by atoms with van der Waals surface area (Å²) in [7, 11) is 0. The number of hydrogen-bond donors (Lipinski definition) is 0. The third-order valence-electron chi connectivity index (χ3n) is 4.28. The van der Waals surface area contributed by atoms with Crippen molar-refractivity contribution in [2.75, 3.05) is 0 Å². The van der Waals surface area contributed by atoms with E-state index in [0.717, 1.165) is 12.0 Å². The zero-order chi connectivity index (χ0) is 16.1. The molecule has 1 saturated heterocycles. The molecule has 1 aromatic rings. The average molecular weight is 308 g/mol. The van der Waals surface area contributed by atoms with Crippen molar-refractivity contribution >= 4 is 0 Å². The Bertz CT molecular complexity index is 508.